The lowest BCUT2D eigenvalue weighted by atomic mass is 10.1. The number of hydrazone groups is 1. The molecule has 0 spiro atoms. The summed E-state index contributed by atoms with van der Waals surface area (Å²) in [7, 11) is 0. The minimum Gasteiger partial charge on any atom is -0.323 e. The van der Waals surface area contributed by atoms with Gasteiger partial charge in [0.2, 0.25) is 0 Å². The lowest BCUT2D eigenvalue weighted by Gasteiger charge is -2.00. The Labute approximate surface area is 54.1 Å². The van der Waals surface area contributed by atoms with Crippen LogP contribution < -0.4 is 5.84 Å². The minimum absolute atomic E-state index is 0.748. The van der Waals surface area contributed by atoms with Gasteiger partial charge in [-0.05, 0) is 11.6 Å². The van der Waals surface area contributed by atoms with Crippen molar-refractivity contribution in [3.05, 3.63) is 36.5 Å². The highest BCUT2D eigenvalue weighted by Gasteiger charge is 1.97. The molecule has 1 aliphatic carbocycles. The molecule has 0 heterocycles. The highest BCUT2D eigenvalue weighted by molar-refractivity contribution is 6.10. The summed E-state index contributed by atoms with van der Waals surface area (Å²) in [5.41, 5.74) is 1.61. The Bertz CT molecular complexity index is 209. The third-order valence-corrected chi connectivity index (χ3v) is 1.13. The van der Waals surface area contributed by atoms with Gasteiger partial charge in [0.15, 0.2) is 0 Å². The maximum Gasteiger partial charge on any atom is 0.0893 e. The predicted molar refractivity (Wildman–Crippen MR) is 39.0 cm³/mol. The van der Waals surface area contributed by atoms with Crippen LogP contribution in [0.2, 0.25) is 0 Å². The van der Waals surface area contributed by atoms with E-state index in [1.165, 1.54) is 0 Å². The molecule has 0 unspecified atom stereocenters. The molecule has 0 saturated heterocycles. The minimum atomic E-state index is 0.748. The van der Waals surface area contributed by atoms with Crippen LogP contribution in [-0.4, -0.2) is 5.71 Å². The van der Waals surface area contributed by atoms with Gasteiger partial charge in [-0.25, -0.2) is 0 Å². The van der Waals surface area contributed by atoms with Crippen molar-refractivity contribution >= 4 is 5.71 Å². The number of allylic oxidation sites excluding steroid dienone is 5. The van der Waals surface area contributed by atoms with E-state index in [2.05, 4.69) is 11.7 Å². The molecule has 0 atom stereocenters. The van der Waals surface area contributed by atoms with Gasteiger partial charge in [-0.1, -0.05) is 24.8 Å². The van der Waals surface area contributed by atoms with Crippen LogP contribution in [0.4, 0.5) is 0 Å². The first kappa shape index (κ1) is 5.82. The summed E-state index contributed by atoms with van der Waals surface area (Å²) in [6, 6.07) is 0. The number of hydrogen-bond donors (Lipinski definition) is 1. The maximum atomic E-state index is 5.04. The number of nitrogens with zero attached hydrogens (tertiary/aromatic N) is 1. The van der Waals surface area contributed by atoms with Crippen molar-refractivity contribution in [2.24, 2.45) is 10.9 Å². The summed E-state index contributed by atoms with van der Waals surface area (Å²) in [6.45, 7) is 3.72. The van der Waals surface area contributed by atoms with E-state index in [0.29, 0.717) is 0 Å². The second-order valence-corrected chi connectivity index (χ2v) is 1.76. The van der Waals surface area contributed by atoms with Crippen LogP contribution in [0.15, 0.2) is 41.6 Å². The van der Waals surface area contributed by atoms with Crippen LogP contribution in [0.1, 0.15) is 0 Å². The molecule has 0 aromatic heterocycles. The third-order valence-electron chi connectivity index (χ3n) is 1.13. The van der Waals surface area contributed by atoms with Gasteiger partial charge in [-0.15, -0.1) is 0 Å². The first-order valence-electron chi connectivity index (χ1n) is 2.66. The Morgan fingerprint density at radius 1 is 1.33 bits per heavy atom. The van der Waals surface area contributed by atoms with Gasteiger partial charge in [0.1, 0.15) is 0 Å². The van der Waals surface area contributed by atoms with E-state index in [9.17, 15) is 0 Å². The van der Waals surface area contributed by atoms with Crippen LogP contribution in [0.25, 0.3) is 0 Å². The zero-order valence-corrected chi connectivity index (χ0v) is 5.04. The van der Waals surface area contributed by atoms with Gasteiger partial charge >= 0.3 is 0 Å². The topological polar surface area (TPSA) is 38.4 Å². The fourth-order valence-corrected chi connectivity index (χ4v) is 0.637. The molecule has 46 valence electrons. The second-order valence-electron chi connectivity index (χ2n) is 1.76. The van der Waals surface area contributed by atoms with Gasteiger partial charge < -0.3 is 5.84 Å². The molecule has 0 saturated carbocycles. The highest BCUT2D eigenvalue weighted by atomic mass is 15.1. The standard InChI is InChI=1S/C7H8N2/c1-6-4-2-3-5-7(6)9-8/h2-5H,1,8H2/b9-7+. The fraction of sp³-hybridized carbons (Fsp3) is 0. The summed E-state index contributed by atoms with van der Waals surface area (Å²) in [4.78, 5) is 0. The Balaban J connectivity index is 2.91. The van der Waals surface area contributed by atoms with E-state index >= 15 is 0 Å². The largest absolute Gasteiger partial charge is 0.323 e. The number of hydrogen-bond acceptors (Lipinski definition) is 2. The smallest absolute Gasteiger partial charge is 0.0893 e. The van der Waals surface area contributed by atoms with Gasteiger partial charge in [0.25, 0.3) is 0 Å². The van der Waals surface area contributed by atoms with Crippen molar-refractivity contribution in [3.63, 3.8) is 0 Å². The number of nitrogens with two attached hydrogens (primary N) is 1. The van der Waals surface area contributed by atoms with Crippen molar-refractivity contribution in [1.82, 2.24) is 0 Å². The van der Waals surface area contributed by atoms with Gasteiger partial charge in [-0.3, -0.25) is 0 Å². The summed E-state index contributed by atoms with van der Waals surface area (Å²) in [6.07, 6.45) is 7.46. The van der Waals surface area contributed by atoms with Crippen molar-refractivity contribution in [2.75, 3.05) is 0 Å². The van der Waals surface area contributed by atoms with E-state index < -0.39 is 0 Å². The van der Waals surface area contributed by atoms with E-state index in [1.54, 1.807) is 0 Å². The van der Waals surface area contributed by atoms with Crippen LogP contribution in [0, 0.1) is 0 Å². The molecule has 2 nitrogen and oxygen atoms in total. The molecule has 0 aliphatic heterocycles. The molecule has 9 heavy (non-hydrogen) atoms. The molecule has 1 rings (SSSR count). The summed E-state index contributed by atoms with van der Waals surface area (Å²) in [5, 5.41) is 3.51. The Kier molecular flexibility index (Phi) is 1.49. The molecule has 0 radical (unpaired) electrons. The van der Waals surface area contributed by atoms with Crippen molar-refractivity contribution in [2.45, 2.75) is 0 Å². The monoisotopic (exact) mass is 120 g/mol. The predicted octanol–water partition coefficient (Wildman–Crippen LogP) is 0.983. The van der Waals surface area contributed by atoms with Gasteiger partial charge in [0.05, 0.1) is 5.71 Å². The molecule has 0 aromatic carbocycles. The molecule has 0 amide bonds. The molecule has 0 fully saturated rings. The van der Waals surface area contributed by atoms with E-state index in [4.69, 9.17) is 5.84 Å². The average molecular weight is 120 g/mol. The lowest BCUT2D eigenvalue weighted by molar-refractivity contribution is 1.25. The van der Waals surface area contributed by atoms with Crippen LogP contribution in [0.3, 0.4) is 0 Å². The van der Waals surface area contributed by atoms with Crippen LogP contribution >= 0.6 is 0 Å². The van der Waals surface area contributed by atoms with Gasteiger partial charge in [0, 0.05) is 0 Å². The normalized spacial score (nSPS) is 21.3. The first-order valence-corrected chi connectivity index (χ1v) is 2.66. The first-order chi connectivity index (χ1) is 4.34. The zero-order chi connectivity index (χ0) is 6.69. The molecular weight excluding hydrogens is 112 g/mol. The van der Waals surface area contributed by atoms with Crippen molar-refractivity contribution in [3.8, 4) is 0 Å². The second kappa shape index (κ2) is 2.31. The SMILES string of the molecule is C=C1C=CC=C/C1=N\N. The van der Waals surface area contributed by atoms with E-state index in [1.807, 2.05) is 24.3 Å². The summed E-state index contributed by atoms with van der Waals surface area (Å²) in [5.74, 6) is 5.04. The Morgan fingerprint density at radius 3 is 2.44 bits per heavy atom. The van der Waals surface area contributed by atoms with Gasteiger partial charge in [-0.2, -0.15) is 5.10 Å². The maximum absolute atomic E-state index is 5.04. The molecule has 0 aromatic rings. The fourth-order valence-electron chi connectivity index (χ4n) is 0.637. The Hall–Kier alpha value is -1.31. The Morgan fingerprint density at radius 2 is 2.00 bits per heavy atom. The van der Waals surface area contributed by atoms with Crippen LogP contribution in [0.5, 0.6) is 0 Å². The molecule has 1 aliphatic rings. The lowest BCUT2D eigenvalue weighted by Crippen LogP contribution is -2.01. The summed E-state index contributed by atoms with van der Waals surface area (Å²) < 4.78 is 0. The average Bonchev–Trinajstić information content (AvgIpc) is 1.89. The van der Waals surface area contributed by atoms with E-state index in [-0.39, 0.29) is 0 Å². The van der Waals surface area contributed by atoms with Crippen LogP contribution in [-0.2, 0) is 0 Å². The van der Waals surface area contributed by atoms with Crippen molar-refractivity contribution in [1.29, 1.82) is 0 Å². The van der Waals surface area contributed by atoms with E-state index in [0.717, 1.165) is 11.3 Å². The molecule has 2 heteroatoms. The molecule has 0 bridgehead atoms. The number of rotatable bonds is 0. The zero-order valence-electron chi connectivity index (χ0n) is 5.04. The molecule has 2 N–H and O–H groups in total. The molecular formula is C7H8N2. The van der Waals surface area contributed by atoms with Crippen molar-refractivity contribution < 1.29 is 0 Å². The summed E-state index contributed by atoms with van der Waals surface area (Å²) >= 11 is 0. The quantitative estimate of drug-likeness (QED) is 0.375. The highest BCUT2D eigenvalue weighted by Crippen LogP contribution is 2.03. The third kappa shape index (κ3) is 1.08.